The van der Waals surface area contributed by atoms with E-state index in [2.05, 4.69) is 6.92 Å². The van der Waals surface area contributed by atoms with Crippen molar-refractivity contribution in [2.45, 2.75) is 116 Å². The molecule has 0 radical (unpaired) electrons. The SMILES string of the molecule is CCCCCCCCCCCCCCCCC=C(O)CCC(=O)[O-].[Na+]. The van der Waals surface area contributed by atoms with Gasteiger partial charge in [-0.05, 0) is 25.3 Å². The molecule has 0 aliphatic heterocycles. The van der Waals surface area contributed by atoms with Gasteiger partial charge in [-0.1, -0.05) is 90.4 Å². The first kappa shape index (κ1) is 27.2. The first-order valence-electron chi connectivity index (χ1n) is 10.2. The van der Waals surface area contributed by atoms with Crippen molar-refractivity contribution in [3.8, 4) is 0 Å². The number of hydrogen-bond acceptors (Lipinski definition) is 3. The van der Waals surface area contributed by atoms with Crippen molar-refractivity contribution in [1.82, 2.24) is 0 Å². The van der Waals surface area contributed by atoms with E-state index in [1.54, 1.807) is 6.08 Å². The van der Waals surface area contributed by atoms with Gasteiger partial charge < -0.3 is 15.0 Å². The molecule has 0 amide bonds. The maximum absolute atomic E-state index is 10.3. The second-order valence-corrected chi connectivity index (χ2v) is 6.95. The topological polar surface area (TPSA) is 60.4 Å². The molecule has 0 bridgehead atoms. The van der Waals surface area contributed by atoms with E-state index in [1.807, 2.05) is 0 Å². The Morgan fingerprint density at radius 2 is 1.16 bits per heavy atom. The number of carbonyl (C=O) groups is 1. The van der Waals surface area contributed by atoms with E-state index in [0.29, 0.717) is 0 Å². The second-order valence-electron chi connectivity index (χ2n) is 6.95. The number of aliphatic hydroxyl groups excluding tert-OH is 1. The van der Waals surface area contributed by atoms with E-state index in [9.17, 15) is 15.0 Å². The third-order valence-electron chi connectivity index (χ3n) is 4.52. The van der Waals surface area contributed by atoms with Crippen LogP contribution in [0.25, 0.3) is 0 Å². The maximum atomic E-state index is 10.3. The van der Waals surface area contributed by atoms with E-state index in [0.717, 1.165) is 12.8 Å². The third kappa shape index (κ3) is 24.0. The molecule has 0 aliphatic rings. The van der Waals surface area contributed by atoms with Crippen LogP contribution in [0.4, 0.5) is 0 Å². The first-order chi connectivity index (χ1) is 11.7. The number of carbonyl (C=O) groups excluding carboxylic acids is 1. The summed E-state index contributed by atoms with van der Waals surface area (Å²) in [5.41, 5.74) is 0. The van der Waals surface area contributed by atoms with Gasteiger partial charge in [-0.3, -0.25) is 0 Å². The Bertz CT molecular complexity index is 316. The summed E-state index contributed by atoms with van der Waals surface area (Å²) in [6.07, 6.45) is 21.5. The fraction of sp³-hybridized carbons (Fsp3) is 0.857. The minimum absolute atomic E-state index is 0. The number of unbranched alkanes of at least 4 members (excludes halogenated alkanes) is 14. The number of aliphatic hydroxyl groups is 1. The van der Waals surface area contributed by atoms with Crippen molar-refractivity contribution in [2.24, 2.45) is 0 Å². The molecule has 4 heteroatoms. The maximum Gasteiger partial charge on any atom is 1.00 e. The monoisotopic (exact) mass is 362 g/mol. The molecular weight excluding hydrogens is 323 g/mol. The fourth-order valence-corrected chi connectivity index (χ4v) is 2.94. The molecule has 0 rings (SSSR count). The molecule has 1 N–H and O–H groups in total. The largest absolute Gasteiger partial charge is 1.00 e. The molecule has 0 unspecified atom stereocenters. The summed E-state index contributed by atoms with van der Waals surface area (Å²) in [7, 11) is 0. The van der Waals surface area contributed by atoms with Crippen molar-refractivity contribution in [3.63, 3.8) is 0 Å². The molecular formula is C21H39NaO3. The number of allylic oxidation sites excluding steroid dienone is 2. The van der Waals surface area contributed by atoms with Crippen LogP contribution in [-0.2, 0) is 4.79 Å². The predicted octanol–water partition coefficient (Wildman–Crippen LogP) is 2.83. The van der Waals surface area contributed by atoms with E-state index in [4.69, 9.17) is 0 Å². The fourth-order valence-electron chi connectivity index (χ4n) is 2.94. The average molecular weight is 363 g/mol. The van der Waals surface area contributed by atoms with Gasteiger partial charge in [0.25, 0.3) is 0 Å². The van der Waals surface area contributed by atoms with Crippen LogP contribution in [0.3, 0.4) is 0 Å². The summed E-state index contributed by atoms with van der Waals surface area (Å²) in [5.74, 6) is -0.916. The van der Waals surface area contributed by atoms with Crippen molar-refractivity contribution >= 4 is 5.97 Å². The molecule has 0 saturated carbocycles. The Morgan fingerprint density at radius 1 is 0.760 bits per heavy atom. The quantitative estimate of drug-likeness (QED) is 0.232. The molecule has 0 aliphatic carbocycles. The van der Waals surface area contributed by atoms with Crippen LogP contribution < -0.4 is 34.7 Å². The van der Waals surface area contributed by atoms with Crippen molar-refractivity contribution in [2.75, 3.05) is 0 Å². The van der Waals surface area contributed by atoms with Crippen molar-refractivity contribution in [3.05, 3.63) is 11.8 Å². The van der Waals surface area contributed by atoms with E-state index in [-0.39, 0.29) is 48.2 Å². The normalized spacial score (nSPS) is 11.3. The van der Waals surface area contributed by atoms with Gasteiger partial charge in [-0.15, -0.1) is 0 Å². The molecule has 0 aromatic heterocycles. The molecule has 0 aromatic rings. The van der Waals surface area contributed by atoms with Gasteiger partial charge in [0, 0.05) is 12.4 Å². The summed E-state index contributed by atoms with van der Waals surface area (Å²) in [4.78, 5) is 10.3. The van der Waals surface area contributed by atoms with Gasteiger partial charge in [0.05, 0.1) is 5.76 Å². The van der Waals surface area contributed by atoms with E-state index < -0.39 is 5.97 Å². The van der Waals surface area contributed by atoms with Crippen molar-refractivity contribution in [1.29, 1.82) is 0 Å². The molecule has 25 heavy (non-hydrogen) atoms. The molecule has 0 fully saturated rings. The predicted molar refractivity (Wildman–Crippen MR) is 99.9 cm³/mol. The summed E-state index contributed by atoms with van der Waals surface area (Å²) in [6, 6.07) is 0. The molecule has 0 heterocycles. The number of carboxylic acids is 1. The van der Waals surface area contributed by atoms with Gasteiger partial charge in [0.1, 0.15) is 0 Å². The average Bonchev–Trinajstić information content (AvgIpc) is 2.56. The zero-order valence-corrected chi connectivity index (χ0v) is 18.9. The van der Waals surface area contributed by atoms with Crippen LogP contribution in [0.5, 0.6) is 0 Å². The van der Waals surface area contributed by atoms with Crippen LogP contribution in [0.2, 0.25) is 0 Å². The van der Waals surface area contributed by atoms with Gasteiger partial charge in [0.15, 0.2) is 0 Å². The van der Waals surface area contributed by atoms with E-state index >= 15 is 0 Å². The summed E-state index contributed by atoms with van der Waals surface area (Å²) >= 11 is 0. The molecule has 142 valence electrons. The van der Waals surface area contributed by atoms with Gasteiger partial charge >= 0.3 is 29.6 Å². The Labute approximate surface area is 178 Å². The van der Waals surface area contributed by atoms with Gasteiger partial charge in [-0.2, -0.15) is 0 Å². The number of hydrogen-bond donors (Lipinski definition) is 1. The summed E-state index contributed by atoms with van der Waals surface area (Å²) in [5, 5.41) is 19.7. The molecule has 0 saturated heterocycles. The zero-order chi connectivity index (χ0) is 17.9. The zero-order valence-electron chi connectivity index (χ0n) is 16.9. The molecule has 0 aromatic carbocycles. The van der Waals surface area contributed by atoms with E-state index in [1.165, 1.54) is 83.5 Å². The van der Waals surface area contributed by atoms with Crippen LogP contribution in [0, 0.1) is 0 Å². The Hall–Kier alpha value is 0.0100. The molecule has 0 spiro atoms. The third-order valence-corrected chi connectivity index (χ3v) is 4.52. The van der Waals surface area contributed by atoms with Crippen LogP contribution in [0.15, 0.2) is 11.8 Å². The van der Waals surface area contributed by atoms with Gasteiger partial charge in [0.2, 0.25) is 0 Å². The van der Waals surface area contributed by atoms with Crippen LogP contribution >= 0.6 is 0 Å². The molecule has 0 atom stereocenters. The first-order valence-corrected chi connectivity index (χ1v) is 10.2. The minimum atomic E-state index is -1.11. The Morgan fingerprint density at radius 3 is 1.56 bits per heavy atom. The Kier molecular flexibility index (Phi) is 24.0. The van der Waals surface area contributed by atoms with Gasteiger partial charge in [-0.25, -0.2) is 0 Å². The van der Waals surface area contributed by atoms with Crippen LogP contribution in [-0.4, -0.2) is 11.1 Å². The minimum Gasteiger partial charge on any atom is -0.550 e. The Balaban J connectivity index is 0. The number of aliphatic carboxylic acids is 1. The van der Waals surface area contributed by atoms with Crippen molar-refractivity contribution < 1.29 is 44.6 Å². The van der Waals surface area contributed by atoms with Crippen LogP contribution in [0.1, 0.15) is 116 Å². The summed E-state index contributed by atoms with van der Waals surface area (Å²) in [6.45, 7) is 2.26. The smallest absolute Gasteiger partial charge is 0.550 e. The standard InChI is InChI=1S/C21H40O3.Na/c1-2-3-4-5-6-7-8-9-10-11-12-13-14-15-16-17-20(22)18-19-21(23)24;/h17,22H,2-16,18-19H2,1H3,(H,23,24);/q;+1/p-1. The summed E-state index contributed by atoms with van der Waals surface area (Å²) < 4.78 is 0. The second kappa shape index (κ2) is 22.1. The number of rotatable bonds is 18. The molecule has 3 nitrogen and oxygen atoms in total. The number of carboxylic acid groups (broad SMARTS) is 1.